The second-order valence-electron chi connectivity index (χ2n) is 5.11. The van der Waals surface area contributed by atoms with Crippen molar-refractivity contribution in [2.75, 3.05) is 6.54 Å². The molecule has 0 radical (unpaired) electrons. The van der Waals surface area contributed by atoms with Crippen LogP contribution >= 0.6 is 0 Å². The number of pyridine rings is 1. The van der Waals surface area contributed by atoms with Gasteiger partial charge in [0.05, 0.1) is 11.7 Å². The van der Waals surface area contributed by atoms with E-state index in [1.165, 1.54) is 31.2 Å². The van der Waals surface area contributed by atoms with Crippen LogP contribution in [0.5, 0.6) is 0 Å². The first kappa shape index (κ1) is 14.7. The molecule has 0 saturated heterocycles. The third-order valence-corrected chi connectivity index (χ3v) is 3.50. The third-order valence-electron chi connectivity index (χ3n) is 3.50. The van der Waals surface area contributed by atoms with Gasteiger partial charge < -0.3 is 5.32 Å². The van der Waals surface area contributed by atoms with Crippen molar-refractivity contribution in [2.24, 2.45) is 0 Å². The lowest BCUT2D eigenvalue weighted by Gasteiger charge is -2.18. The summed E-state index contributed by atoms with van der Waals surface area (Å²) < 4.78 is 0. The molecule has 0 aliphatic carbocycles. The maximum absolute atomic E-state index is 4.51. The predicted octanol–water partition coefficient (Wildman–Crippen LogP) is 4.34. The molecule has 106 valence electrons. The van der Waals surface area contributed by atoms with Crippen molar-refractivity contribution in [3.8, 4) is 0 Å². The van der Waals surface area contributed by atoms with E-state index >= 15 is 0 Å². The van der Waals surface area contributed by atoms with Crippen molar-refractivity contribution in [1.82, 2.24) is 10.3 Å². The Hall–Kier alpha value is -1.67. The molecular formula is C18H24N2. The molecule has 0 spiro atoms. The summed E-state index contributed by atoms with van der Waals surface area (Å²) in [7, 11) is 0. The van der Waals surface area contributed by atoms with Crippen LogP contribution in [0, 0.1) is 0 Å². The lowest BCUT2D eigenvalue weighted by Crippen LogP contribution is -2.24. The first-order chi connectivity index (χ1) is 9.92. The number of rotatable bonds is 8. The van der Waals surface area contributed by atoms with E-state index in [0.717, 1.165) is 12.2 Å². The van der Waals surface area contributed by atoms with Gasteiger partial charge in [0.15, 0.2) is 0 Å². The lowest BCUT2D eigenvalue weighted by molar-refractivity contribution is 0.548. The zero-order chi connectivity index (χ0) is 14.0. The molecule has 1 unspecified atom stereocenters. The monoisotopic (exact) mass is 268 g/mol. The highest BCUT2D eigenvalue weighted by Crippen LogP contribution is 2.19. The summed E-state index contributed by atoms with van der Waals surface area (Å²) in [6.07, 6.45) is 6.99. The Labute approximate surface area is 122 Å². The topological polar surface area (TPSA) is 24.9 Å². The van der Waals surface area contributed by atoms with E-state index in [1.54, 1.807) is 0 Å². The van der Waals surface area contributed by atoms with Crippen LogP contribution in [0.15, 0.2) is 54.7 Å². The summed E-state index contributed by atoms with van der Waals surface area (Å²) in [5.74, 6) is 0. The van der Waals surface area contributed by atoms with E-state index in [-0.39, 0.29) is 6.04 Å². The Kier molecular flexibility index (Phi) is 6.25. The van der Waals surface area contributed by atoms with Crippen molar-refractivity contribution in [2.45, 2.75) is 38.6 Å². The minimum atomic E-state index is 0.194. The van der Waals surface area contributed by atoms with Crippen molar-refractivity contribution < 1.29 is 0 Å². The van der Waals surface area contributed by atoms with Crippen molar-refractivity contribution in [3.05, 3.63) is 66.0 Å². The highest BCUT2D eigenvalue weighted by molar-refractivity contribution is 5.27. The molecule has 0 amide bonds. The predicted molar refractivity (Wildman–Crippen MR) is 84.7 cm³/mol. The molecule has 0 saturated carbocycles. The quantitative estimate of drug-likeness (QED) is 0.720. The lowest BCUT2D eigenvalue weighted by atomic mass is 10.0. The molecule has 2 heteroatoms. The van der Waals surface area contributed by atoms with Crippen LogP contribution in [0.2, 0.25) is 0 Å². The summed E-state index contributed by atoms with van der Waals surface area (Å²) in [5, 5.41) is 3.65. The summed E-state index contributed by atoms with van der Waals surface area (Å²) in [6, 6.07) is 16.9. The summed E-state index contributed by atoms with van der Waals surface area (Å²) >= 11 is 0. The molecular weight excluding hydrogens is 244 g/mol. The van der Waals surface area contributed by atoms with Crippen LogP contribution in [0.25, 0.3) is 0 Å². The van der Waals surface area contributed by atoms with Crippen LogP contribution in [-0.4, -0.2) is 11.5 Å². The normalized spacial score (nSPS) is 12.2. The van der Waals surface area contributed by atoms with Gasteiger partial charge in [-0.3, -0.25) is 4.98 Å². The van der Waals surface area contributed by atoms with Gasteiger partial charge >= 0.3 is 0 Å². The molecule has 1 aromatic carbocycles. The highest BCUT2D eigenvalue weighted by atomic mass is 14.9. The summed E-state index contributed by atoms with van der Waals surface area (Å²) in [4.78, 5) is 4.51. The highest BCUT2D eigenvalue weighted by Gasteiger charge is 2.13. The molecule has 0 bridgehead atoms. The molecule has 1 aromatic heterocycles. The van der Waals surface area contributed by atoms with Crippen LogP contribution in [0.1, 0.15) is 49.9 Å². The fourth-order valence-corrected chi connectivity index (χ4v) is 2.38. The second kappa shape index (κ2) is 8.49. The van der Waals surface area contributed by atoms with E-state index in [9.17, 15) is 0 Å². The van der Waals surface area contributed by atoms with Gasteiger partial charge in [0.25, 0.3) is 0 Å². The Bertz CT molecular complexity index is 428. The van der Waals surface area contributed by atoms with Crippen LogP contribution in [-0.2, 0) is 0 Å². The molecule has 2 aromatic rings. The molecule has 0 aliphatic rings. The smallest absolute Gasteiger partial charge is 0.0751 e. The van der Waals surface area contributed by atoms with Gasteiger partial charge in [0.2, 0.25) is 0 Å². The van der Waals surface area contributed by atoms with Gasteiger partial charge in [-0.2, -0.15) is 0 Å². The van der Waals surface area contributed by atoms with Gasteiger partial charge in [-0.15, -0.1) is 0 Å². The summed E-state index contributed by atoms with van der Waals surface area (Å²) in [5.41, 5.74) is 2.37. The van der Waals surface area contributed by atoms with Gasteiger partial charge in [-0.25, -0.2) is 0 Å². The van der Waals surface area contributed by atoms with E-state index in [2.05, 4.69) is 59.7 Å². The van der Waals surface area contributed by atoms with Gasteiger partial charge in [-0.1, -0.05) is 62.6 Å². The van der Waals surface area contributed by atoms with E-state index < -0.39 is 0 Å². The molecule has 0 fully saturated rings. The van der Waals surface area contributed by atoms with Gasteiger partial charge in [0.1, 0.15) is 0 Å². The number of aromatic nitrogens is 1. The largest absolute Gasteiger partial charge is 0.305 e. The Morgan fingerprint density at radius 2 is 1.75 bits per heavy atom. The maximum atomic E-state index is 4.51. The number of unbranched alkanes of at least 4 members (excludes halogenated alkanes) is 3. The number of hydrogen-bond acceptors (Lipinski definition) is 2. The third kappa shape index (κ3) is 4.46. The number of benzene rings is 1. The zero-order valence-electron chi connectivity index (χ0n) is 12.3. The Morgan fingerprint density at radius 3 is 2.45 bits per heavy atom. The molecule has 1 N–H and O–H groups in total. The molecule has 20 heavy (non-hydrogen) atoms. The fraction of sp³-hybridized carbons (Fsp3) is 0.389. The number of nitrogens with zero attached hydrogens (tertiary/aromatic N) is 1. The van der Waals surface area contributed by atoms with E-state index in [0.29, 0.717) is 0 Å². The fourth-order valence-electron chi connectivity index (χ4n) is 2.38. The molecule has 2 rings (SSSR count). The first-order valence-corrected chi connectivity index (χ1v) is 7.61. The van der Waals surface area contributed by atoms with Crippen LogP contribution in [0.4, 0.5) is 0 Å². The average Bonchev–Trinajstić information content (AvgIpc) is 2.53. The summed E-state index contributed by atoms with van der Waals surface area (Å²) in [6.45, 7) is 3.28. The Morgan fingerprint density at radius 1 is 0.950 bits per heavy atom. The molecule has 0 aliphatic heterocycles. The molecule has 1 atom stereocenters. The minimum absolute atomic E-state index is 0.194. The van der Waals surface area contributed by atoms with Gasteiger partial charge in [0, 0.05) is 6.20 Å². The first-order valence-electron chi connectivity index (χ1n) is 7.61. The van der Waals surface area contributed by atoms with E-state index in [1.807, 2.05) is 12.3 Å². The van der Waals surface area contributed by atoms with Gasteiger partial charge in [-0.05, 0) is 30.7 Å². The number of nitrogens with one attached hydrogen (secondary N) is 1. The Balaban J connectivity index is 2.02. The molecule has 2 nitrogen and oxygen atoms in total. The zero-order valence-corrected chi connectivity index (χ0v) is 12.3. The average molecular weight is 268 g/mol. The standard InChI is InChI=1S/C18H24N2/c1-2-3-4-9-15-20-18(16-11-6-5-7-12-16)17-13-8-10-14-19-17/h5-8,10-14,18,20H,2-4,9,15H2,1H3. The molecule has 1 heterocycles. The SMILES string of the molecule is CCCCCCNC(c1ccccc1)c1ccccn1. The van der Waals surface area contributed by atoms with Crippen molar-refractivity contribution in [3.63, 3.8) is 0 Å². The van der Waals surface area contributed by atoms with Crippen LogP contribution < -0.4 is 5.32 Å². The number of hydrogen-bond donors (Lipinski definition) is 1. The van der Waals surface area contributed by atoms with E-state index in [4.69, 9.17) is 0 Å². The van der Waals surface area contributed by atoms with Crippen LogP contribution in [0.3, 0.4) is 0 Å². The van der Waals surface area contributed by atoms with Crippen molar-refractivity contribution >= 4 is 0 Å². The minimum Gasteiger partial charge on any atom is -0.305 e. The maximum Gasteiger partial charge on any atom is 0.0751 e. The van der Waals surface area contributed by atoms with Crippen molar-refractivity contribution in [1.29, 1.82) is 0 Å². The second-order valence-corrected chi connectivity index (χ2v) is 5.11.